The van der Waals surface area contributed by atoms with Crippen molar-refractivity contribution in [3.63, 3.8) is 0 Å². The molecule has 12 aromatic rings. The number of oxazole rings is 1. The van der Waals surface area contributed by atoms with E-state index >= 15 is 0 Å². The number of hydrogen-bond acceptors (Lipinski definition) is 4. The Balaban J connectivity index is 1.04. The molecule has 0 amide bonds. The van der Waals surface area contributed by atoms with Crippen LogP contribution in [0.4, 0.5) is 17.1 Å². The first kappa shape index (κ1) is 32.7. The Morgan fingerprint density at radius 1 is 0.448 bits per heavy atom. The number of benzene rings is 9. The number of nitrogens with zero attached hydrogens (tertiary/aromatic N) is 3. The van der Waals surface area contributed by atoms with Crippen molar-refractivity contribution in [3.05, 3.63) is 200 Å². The Labute approximate surface area is 338 Å². The second-order valence-electron chi connectivity index (χ2n) is 14.8. The van der Waals surface area contributed by atoms with E-state index < -0.39 is 0 Å². The number of anilines is 3. The molecule has 0 atom stereocenters. The number of fused-ring (bicyclic) bond motifs is 9. The van der Waals surface area contributed by atoms with Crippen molar-refractivity contribution in [2.24, 2.45) is 0 Å². The van der Waals surface area contributed by atoms with E-state index in [2.05, 4.69) is 179 Å². The zero-order chi connectivity index (χ0) is 38.2. The SMILES string of the molecule is c1ccc(-c2nc3c(o2)c(-c2ccc(N(c4ccc5c(c4)sc4ccccc45)c4ccc5c(c4)c4ccccc4n5-c4ccccc4)cc2)cc2ccccc23)cc1. The maximum Gasteiger partial charge on any atom is 0.227 e. The molecule has 0 saturated heterocycles. The van der Waals surface area contributed by atoms with Crippen molar-refractivity contribution in [1.29, 1.82) is 0 Å². The highest BCUT2D eigenvalue weighted by atomic mass is 32.1. The lowest BCUT2D eigenvalue weighted by molar-refractivity contribution is 0.621. The van der Waals surface area contributed by atoms with Gasteiger partial charge in [0.15, 0.2) is 5.58 Å². The van der Waals surface area contributed by atoms with Gasteiger partial charge in [0.2, 0.25) is 5.89 Å². The smallest absolute Gasteiger partial charge is 0.227 e. The van der Waals surface area contributed by atoms with Crippen molar-refractivity contribution in [2.75, 3.05) is 4.90 Å². The van der Waals surface area contributed by atoms with Gasteiger partial charge in [-0.2, -0.15) is 0 Å². The van der Waals surface area contributed by atoms with E-state index in [4.69, 9.17) is 9.40 Å². The van der Waals surface area contributed by atoms with Gasteiger partial charge in [-0.05, 0) is 95.9 Å². The maximum atomic E-state index is 6.62. The minimum Gasteiger partial charge on any atom is -0.435 e. The van der Waals surface area contributed by atoms with E-state index in [0.717, 1.165) is 61.3 Å². The van der Waals surface area contributed by atoms with Crippen LogP contribution < -0.4 is 4.90 Å². The van der Waals surface area contributed by atoms with Gasteiger partial charge in [-0.25, -0.2) is 4.98 Å². The highest BCUT2D eigenvalue weighted by Gasteiger charge is 2.20. The summed E-state index contributed by atoms with van der Waals surface area (Å²) in [6.07, 6.45) is 0. The van der Waals surface area contributed by atoms with E-state index in [1.807, 2.05) is 41.7 Å². The summed E-state index contributed by atoms with van der Waals surface area (Å²) in [5.41, 5.74) is 11.5. The van der Waals surface area contributed by atoms with Crippen LogP contribution in [0.1, 0.15) is 0 Å². The van der Waals surface area contributed by atoms with Gasteiger partial charge < -0.3 is 13.9 Å². The molecule has 0 aliphatic rings. The van der Waals surface area contributed by atoms with Crippen LogP contribution in [0, 0.1) is 0 Å². The first-order valence-corrected chi connectivity index (χ1v) is 20.4. The summed E-state index contributed by atoms with van der Waals surface area (Å²) in [5, 5.41) is 7.21. The predicted octanol–water partition coefficient (Wildman–Crippen LogP) is 15.2. The van der Waals surface area contributed by atoms with Crippen LogP contribution in [0.5, 0.6) is 0 Å². The third kappa shape index (κ3) is 5.18. The zero-order valence-corrected chi connectivity index (χ0v) is 32.0. The molecule has 58 heavy (non-hydrogen) atoms. The molecule has 4 nitrogen and oxygen atoms in total. The van der Waals surface area contributed by atoms with Crippen molar-refractivity contribution >= 4 is 92.2 Å². The average Bonchev–Trinajstić information content (AvgIpc) is 4.00. The van der Waals surface area contributed by atoms with Crippen molar-refractivity contribution in [3.8, 4) is 28.3 Å². The topological polar surface area (TPSA) is 34.2 Å². The van der Waals surface area contributed by atoms with Crippen LogP contribution in [0.25, 0.3) is 92.1 Å². The van der Waals surface area contributed by atoms with Crippen LogP contribution in [-0.2, 0) is 0 Å². The summed E-state index contributed by atoms with van der Waals surface area (Å²) in [6, 6.07) is 71.5. The lowest BCUT2D eigenvalue weighted by Gasteiger charge is -2.26. The van der Waals surface area contributed by atoms with Crippen molar-refractivity contribution < 1.29 is 4.42 Å². The summed E-state index contributed by atoms with van der Waals surface area (Å²) < 4.78 is 11.5. The lowest BCUT2D eigenvalue weighted by Crippen LogP contribution is -2.09. The number of hydrogen-bond donors (Lipinski definition) is 0. The highest BCUT2D eigenvalue weighted by molar-refractivity contribution is 7.25. The predicted molar refractivity (Wildman–Crippen MR) is 244 cm³/mol. The molecule has 12 rings (SSSR count). The fourth-order valence-electron chi connectivity index (χ4n) is 8.71. The Morgan fingerprint density at radius 3 is 1.93 bits per heavy atom. The summed E-state index contributed by atoms with van der Waals surface area (Å²) in [7, 11) is 0. The molecule has 5 heteroatoms. The number of para-hydroxylation sites is 2. The van der Waals surface area contributed by atoms with Crippen LogP contribution in [-0.4, -0.2) is 9.55 Å². The summed E-state index contributed by atoms with van der Waals surface area (Å²) in [6.45, 7) is 0. The van der Waals surface area contributed by atoms with Crippen LogP contribution >= 0.6 is 11.3 Å². The molecular formula is C53H33N3OS. The minimum absolute atomic E-state index is 0.622. The van der Waals surface area contributed by atoms with Gasteiger partial charge in [0, 0.05) is 70.2 Å². The van der Waals surface area contributed by atoms with E-state index in [9.17, 15) is 0 Å². The standard InChI is InChI=1S/C53H33N3OS/c1-3-13-35(14-4-1)53-54-51-41-18-8-7-15-36(41)31-45(52(51)57-53)34-23-25-38(26-24-34)55(40-27-29-44-43-20-10-12-22-49(43)58-50(44)33-40)39-28-30-48-46(32-39)42-19-9-11-21-47(42)56(48)37-16-5-2-6-17-37/h1-33H. The Morgan fingerprint density at radius 2 is 1.09 bits per heavy atom. The van der Waals surface area contributed by atoms with E-state index in [0.29, 0.717) is 5.89 Å². The second-order valence-corrected chi connectivity index (χ2v) is 15.8. The van der Waals surface area contributed by atoms with Crippen LogP contribution in [0.2, 0.25) is 0 Å². The average molecular weight is 760 g/mol. The molecule has 0 aliphatic carbocycles. The number of rotatable bonds is 6. The van der Waals surface area contributed by atoms with Gasteiger partial charge in [-0.1, -0.05) is 115 Å². The van der Waals surface area contributed by atoms with Crippen molar-refractivity contribution in [1.82, 2.24) is 9.55 Å². The molecule has 9 aromatic carbocycles. The van der Waals surface area contributed by atoms with Gasteiger partial charge in [0.05, 0.1) is 11.0 Å². The highest BCUT2D eigenvalue weighted by Crippen LogP contribution is 2.44. The third-order valence-electron chi connectivity index (χ3n) is 11.4. The Kier molecular flexibility index (Phi) is 7.37. The van der Waals surface area contributed by atoms with Gasteiger partial charge in [-0.3, -0.25) is 0 Å². The number of thiophene rings is 1. The molecule has 0 saturated carbocycles. The summed E-state index contributed by atoms with van der Waals surface area (Å²) in [4.78, 5) is 7.44. The molecule has 3 heterocycles. The lowest BCUT2D eigenvalue weighted by atomic mass is 9.99. The summed E-state index contributed by atoms with van der Waals surface area (Å²) >= 11 is 1.84. The quantitative estimate of drug-likeness (QED) is 0.169. The van der Waals surface area contributed by atoms with Gasteiger partial charge >= 0.3 is 0 Å². The molecule has 0 bridgehead atoms. The molecule has 0 fully saturated rings. The first-order chi connectivity index (χ1) is 28.7. The molecule has 3 aromatic heterocycles. The van der Waals surface area contributed by atoms with E-state index in [1.54, 1.807) is 0 Å². The Bertz CT molecular complexity index is 3510. The zero-order valence-electron chi connectivity index (χ0n) is 31.2. The molecule has 0 radical (unpaired) electrons. The van der Waals surface area contributed by atoms with Crippen LogP contribution in [0.3, 0.4) is 0 Å². The van der Waals surface area contributed by atoms with E-state index in [-0.39, 0.29) is 0 Å². The largest absolute Gasteiger partial charge is 0.435 e. The summed E-state index contributed by atoms with van der Waals surface area (Å²) in [5.74, 6) is 0.622. The molecule has 0 N–H and O–H groups in total. The molecule has 0 unspecified atom stereocenters. The van der Waals surface area contributed by atoms with Crippen molar-refractivity contribution in [2.45, 2.75) is 0 Å². The van der Waals surface area contributed by atoms with Crippen LogP contribution in [0.15, 0.2) is 205 Å². The van der Waals surface area contributed by atoms with Gasteiger partial charge in [0.25, 0.3) is 0 Å². The normalized spacial score (nSPS) is 11.8. The molecule has 272 valence electrons. The first-order valence-electron chi connectivity index (χ1n) is 19.5. The second kappa shape index (κ2) is 13.1. The fraction of sp³-hybridized carbons (Fsp3) is 0. The Hall–Kier alpha value is -7.47. The van der Waals surface area contributed by atoms with Gasteiger partial charge in [0.1, 0.15) is 5.52 Å². The number of aromatic nitrogens is 2. The van der Waals surface area contributed by atoms with E-state index in [1.165, 1.54) is 42.0 Å². The minimum atomic E-state index is 0.622. The molecule has 0 spiro atoms. The maximum absolute atomic E-state index is 6.62. The monoisotopic (exact) mass is 759 g/mol. The molecular weight excluding hydrogens is 727 g/mol. The third-order valence-corrected chi connectivity index (χ3v) is 12.5. The molecule has 0 aliphatic heterocycles. The van der Waals surface area contributed by atoms with Gasteiger partial charge in [-0.15, -0.1) is 11.3 Å². The fourth-order valence-corrected chi connectivity index (χ4v) is 9.85.